The van der Waals surface area contributed by atoms with Gasteiger partial charge >= 0.3 is 0 Å². The Bertz CT molecular complexity index is 842. The molecule has 0 spiro atoms. The van der Waals surface area contributed by atoms with Gasteiger partial charge in [-0.3, -0.25) is 4.31 Å². The molecule has 0 aliphatic carbocycles. The van der Waals surface area contributed by atoms with Gasteiger partial charge in [0.05, 0.1) is 15.1 Å². The maximum Gasteiger partial charge on any atom is 0.264 e. The maximum atomic E-state index is 13.8. The van der Waals surface area contributed by atoms with Crippen molar-refractivity contribution in [3.63, 3.8) is 0 Å². The summed E-state index contributed by atoms with van der Waals surface area (Å²) in [4.78, 5) is -0.0536. The van der Waals surface area contributed by atoms with Gasteiger partial charge < -0.3 is 5.32 Å². The Morgan fingerprint density at radius 3 is 2.74 bits per heavy atom. The van der Waals surface area contributed by atoms with Gasteiger partial charge in [-0.15, -0.1) is 0 Å². The number of halogens is 2. The van der Waals surface area contributed by atoms with Crippen LogP contribution in [0.3, 0.4) is 0 Å². The number of anilines is 1. The van der Waals surface area contributed by atoms with E-state index >= 15 is 0 Å². The SMILES string of the molecule is CC1CN(S(=O)(=O)c2ccc(Br)c(F)c2)c2ccccc2CN1. The summed E-state index contributed by atoms with van der Waals surface area (Å²) < 4.78 is 41.4. The average molecular weight is 399 g/mol. The van der Waals surface area contributed by atoms with E-state index in [0.717, 1.165) is 11.6 Å². The summed E-state index contributed by atoms with van der Waals surface area (Å²) in [5, 5.41) is 3.29. The summed E-state index contributed by atoms with van der Waals surface area (Å²) in [5.74, 6) is -0.597. The van der Waals surface area contributed by atoms with E-state index in [0.29, 0.717) is 12.2 Å². The Morgan fingerprint density at radius 2 is 2.00 bits per heavy atom. The number of fused-ring (bicyclic) bond motifs is 1. The predicted octanol–water partition coefficient (Wildman–Crippen LogP) is 3.28. The predicted molar refractivity (Wildman–Crippen MR) is 91.4 cm³/mol. The van der Waals surface area contributed by atoms with Crippen molar-refractivity contribution in [2.24, 2.45) is 0 Å². The second kappa shape index (κ2) is 6.22. The molecule has 4 nitrogen and oxygen atoms in total. The highest BCUT2D eigenvalue weighted by Crippen LogP contribution is 2.30. The van der Waals surface area contributed by atoms with Crippen LogP contribution < -0.4 is 9.62 Å². The molecule has 23 heavy (non-hydrogen) atoms. The lowest BCUT2D eigenvalue weighted by Crippen LogP contribution is -2.39. The molecule has 0 bridgehead atoms. The van der Waals surface area contributed by atoms with Crippen molar-refractivity contribution in [2.75, 3.05) is 10.8 Å². The van der Waals surface area contributed by atoms with Crippen molar-refractivity contribution in [1.29, 1.82) is 0 Å². The molecule has 2 aromatic carbocycles. The van der Waals surface area contributed by atoms with E-state index in [2.05, 4.69) is 21.2 Å². The Morgan fingerprint density at radius 1 is 1.26 bits per heavy atom. The van der Waals surface area contributed by atoms with Gasteiger partial charge in [0.2, 0.25) is 0 Å². The molecule has 0 saturated carbocycles. The lowest BCUT2D eigenvalue weighted by atomic mass is 10.2. The van der Waals surface area contributed by atoms with E-state index in [1.54, 1.807) is 12.1 Å². The Balaban J connectivity index is 2.12. The number of nitrogens with one attached hydrogen (secondary N) is 1. The molecule has 1 aliphatic heterocycles. The second-order valence-electron chi connectivity index (χ2n) is 5.52. The van der Waals surface area contributed by atoms with Gasteiger partial charge in [0, 0.05) is 19.1 Å². The van der Waals surface area contributed by atoms with Crippen molar-refractivity contribution in [3.8, 4) is 0 Å². The molecule has 122 valence electrons. The molecule has 1 unspecified atom stereocenters. The minimum atomic E-state index is -3.84. The van der Waals surface area contributed by atoms with Crippen LogP contribution in [0.5, 0.6) is 0 Å². The molecule has 0 aromatic heterocycles. The normalized spacial score (nSPS) is 18.4. The first kappa shape index (κ1) is 16.4. The fourth-order valence-electron chi connectivity index (χ4n) is 2.59. The number of sulfonamides is 1. The molecule has 0 amide bonds. The number of hydrogen-bond acceptors (Lipinski definition) is 3. The van der Waals surface area contributed by atoms with Gasteiger partial charge in [0.15, 0.2) is 0 Å². The van der Waals surface area contributed by atoms with Crippen LogP contribution in [0.1, 0.15) is 12.5 Å². The Labute approximate surface area is 143 Å². The summed E-state index contributed by atoms with van der Waals surface area (Å²) in [5.41, 5.74) is 1.53. The number of nitrogens with zero attached hydrogens (tertiary/aromatic N) is 1. The molecule has 0 fully saturated rings. The lowest BCUT2D eigenvalue weighted by molar-refractivity contribution is 0.555. The van der Waals surface area contributed by atoms with Gasteiger partial charge in [-0.05, 0) is 52.7 Å². The van der Waals surface area contributed by atoms with Crippen molar-refractivity contribution >= 4 is 31.6 Å². The van der Waals surface area contributed by atoms with Crippen LogP contribution in [0, 0.1) is 5.82 Å². The first-order chi connectivity index (χ1) is 10.9. The molecule has 2 aromatic rings. The zero-order valence-electron chi connectivity index (χ0n) is 12.5. The first-order valence-corrected chi connectivity index (χ1v) is 9.42. The van der Waals surface area contributed by atoms with Crippen LogP contribution in [-0.4, -0.2) is 21.0 Å². The monoisotopic (exact) mass is 398 g/mol. The van der Waals surface area contributed by atoms with Crippen LogP contribution in [0.4, 0.5) is 10.1 Å². The van der Waals surface area contributed by atoms with Gasteiger partial charge in [-0.25, -0.2) is 12.8 Å². The van der Waals surface area contributed by atoms with E-state index in [-0.39, 0.29) is 22.0 Å². The van der Waals surface area contributed by atoms with Gasteiger partial charge in [0.1, 0.15) is 5.82 Å². The third kappa shape index (κ3) is 3.13. The highest BCUT2D eigenvalue weighted by Gasteiger charge is 2.30. The highest BCUT2D eigenvalue weighted by atomic mass is 79.9. The summed E-state index contributed by atoms with van der Waals surface area (Å²) in [6, 6.07) is 11.2. The third-order valence-electron chi connectivity index (χ3n) is 3.82. The van der Waals surface area contributed by atoms with E-state index in [4.69, 9.17) is 0 Å². The summed E-state index contributed by atoms with van der Waals surface area (Å²) in [6.45, 7) is 2.81. The fraction of sp³-hybridized carbons (Fsp3) is 0.250. The van der Waals surface area contributed by atoms with Crippen molar-refractivity contribution in [2.45, 2.75) is 24.4 Å². The molecule has 1 atom stereocenters. The molecule has 1 aliphatic rings. The van der Waals surface area contributed by atoms with Crippen LogP contribution in [0.15, 0.2) is 51.8 Å². The van der Waals surface area contributed by atoms with Crippen LogP contribution in [-0.2, 0) is 16.6 Å². The molecule has 1 N–H and O–H groups in total. The van der Waals surface area contributed by atoms with Crippen molar-refractivity contribution in [1.82, 2.24) is 5.32 Å². The molecular weight excluding hydrogens is 383 g/mol. The van der Waals surface area contributed by atoms with Crippen molar-refractivity contribution in [3.05, 3.63) is 58.3 Å². The molecular formula is C16H16BrFN2O2S. The fourth-order valence-corrected chi connectivity index (χ4v) is 4.44. The first-order valence-electron chi connectivity index (χ1n) is 7.18. The number of hydrogen-bond donors (Lipinski definition) is 1. The van der Waals surface area contributed by atoms with Crippen LogP contribution in [0.25, 0.3) is 0 Å². The van der Waals surface area contributed by atoms with Gasteiger partial charge in [0.25, 0.3) is 10.0 Å². The molecule has 3 rings (SSSR count). The highest BCUT2D eigenvalue weighted by molar-refractivity contribution is 9.10. The average Bonchev–Trinajstić information content (AvgIpc) is 2.70. The smallest absolute Gasteiger partial charge is 0.264 e. The summed E-state index contributed by atoms with van der Waals surface area (Å²) in [6.07, 6.45) is 0. The molecule has 7 heteroatoms. The van der Waals surface area contributed by atoms with E-state index in [1.807, 2.05) is 19.1 Å². The zero-order chi connectivity index (χ0) is 16.6. The molecule has 1 heterocycles. The molecule has 0 saturated heterocycles. The van der Waals surface area contributed by atoms with Crippen LogP contribution in [0.2, 0.25) is 0 Å². The van der Waals surface area contributed by atoms with E-state index in [1.165, 1.54) is 16.4 Å². The number of para-hydroxylation sites is 1. The standard InChI is InChI=1S/C16H16BrFN2O2S/c1-11-10-20(16-5-3-2-4-12(16)9-19-11)23(21,22)13-6-7-14(17)15(18)8-13/h2-8,11,19H,9-10H2,1H3. The maximum absolute atomic E-state index is 13.8. The van der Waals surface area contributed by atoms with Crippen LogP contribution >= 0.6 is 15.9 Å². The molecule has 0 radical (unpaired) electrons. The zero-order valence-corrected chi connectivity index (χ0v) is 14.9. The Hall–Kier alpha value is -1.44. The van der Waals surface area contributed by atoms with Gasteiger partial charge in [-0.2, -0.15) is 0 Å². The Kier molecular flexibility index (Phi) is 4.44. The van der Waals surface area contributed by atoms with Crippen molar-refractivity contribution < 1.29 is 12.8 Å². The topological polar surface area (TPSA) is 49.4 Å². The summed E-state index contributed by atoms with van der Waals surface area (Å²) in [7, 11) is -3.84. The minimum Gasteiger partial charge on any atom is -0.308 e. The summed E-state index contributed by atoms with van der Waals surface area (Å²) >= 11 is 3.05. The second-order valence-corrected chi connectivity index (χ2v) is 8.24. The van der Waals surface area contributed by atoms with Gasteiger partial charge in [-0.1, -0.05) is 18.2 Å². The van der Waals surface area contributed by atoms with E-state index < -0.39 is 15.8 Å². The quantitative estimate of drug-likeness (QED) is 0.844. The largest absolute Gasteiger partial charge is 0.308 e. The third-order valence-corrected chi connectivity index (χ3v) is 6.24. The number of benzene rings is 2. The van der Waals surface area contributed by atoms with E-state index in [9.17, 15) is 12.8 Å². The lowest BCUT2D eigenvalue weighted by Gasteiger charge is -2.26. The number of rotatable bonds is 2. The minimum absolute atomic E-state index is 0.0162.